The van der Waals surface area contributed by atoms with Crippen LogP contribution in [0.1, 0.15) is 16.7 Å². The first-order valence-electron chi connectivity index (χ1n) is 9.78. The molecule has 0 saturated carbocycles. The second-order valence-corrected chi connectivity index (χ2v) is 7.24. The quantitative estimate of drug-likeness (QED) is 0.457. The lowest BCUT2D eigenvalue weighted by molar-refractivity contribution is -0.116. The zero-order valence-electron chi connectivity index (χ0n) is 16.7. The van der Waals surface area contributed by atoms with Gasteiger partial charge in [-0.25, -0.2) is 0 Å². The number of hydrogen-bond donors (Lipinski definition) is 1. The van der Waals surface area contributed by atoms with Crippen LogP contribution in [0.4, 0.5) is 0 Å². The van der Waals surface area contributed by atoms with E-state index in [2.05, 4.69) is 60.3 Å². The van der Waals surface area contributed by atoms with E-state index in [0.717, 1.165) is 33.3 Å². The van der Waals surface area contributed by atoms with Gasteiger partial charge in [0.05, 0.1) is 5.69 Å². The SMILES string of the molecule is Cc1ccc(CNC(=O)C=Cc2c(-c3ccccc3)n(C)c3ccccc23)cc1. The van der Waals surface area contributed by atoms with Crippen molar-refractivity contribution in [2.45, 2.75) is 13.5 Å². The summed E-state index contributed by atoms with van der Waals surface area (Å²) in [5, 5.41) is 4.11. The molecular formula is C26H24N2O. The fraction of sp³-hybridized carbons (Fsp3) is 0.115. The van der Waals surface area contributed by atoms with Gasteiger partial charge >= 0.3 is 0 Å². The van der Waals surface area contributed by atoms with Crippen LogP contribution in [0.3, 0.4) is 0 Å². The van der Waals surface area contributed by atoms with E-state index in [1.54, 1.807) is 6.08 Å². The molecule has 3 nitrogen and oxygen atoms in total. The maximum absolute atomic E-state index is 12.4. The lowest BCUT2D eigenvalue weighted by atomic mass is 10.0. The van der Waals surface area contributed by atoms with Gasteiger partial charge in [-0.2, -0.15) is 0 Å². The number of benzene rings is 3. The summed E-state index contributed by atoms with van der Waals surface area (Å²) in [6.07, 6.45) is 3.55. The monoisotopic (exact) mass is 380 g/mol. The first kappa shape index (κ1) is 18.8. The van der Waals surface area contributed by atoms with Crippen molar-refractivity contribution in [1.29, 1.82) is 0 Å². The molecular weight excluding hydrogens is 356 g/mol. The van der Waals surface area contributed by atoms with Crippen LogP contribution in [0.15, 0.2) is 84.9 Å². The van der Waals surface area contributed by atoms with E-state index in [0.29, 0.717) is 6.54 Å². The van der Waals surface area contributed by atoms with E-state index < -0.39 is 0 Å². The Morgan fingerprint density at radius 3 is 2.38 bits per heavy atom. The minimum atomic E-state index is -0.0995. The van der Waals surface area contributed by atoms with Crippen molar-refractivity contribution in [1.82, 2.24) is 9.88 Å². The van der Waals surface area contributed by atoms with Crippen LogP contribution in [0, 0.1) is 6.92 Å². The summed E-state index contributed by atoms with van der Waals surface area (Å²) in [7, 11) is 2.07. The number of fused-ring (bicyclic) bond motifs is 1. The predicted molar refractivity (Wildman–Crippen MR) is 120 cm³/mol. The minimum absolute atomic E-state index is 0.0995. The molecule has 0 unspecified atom stereocenters. The first-order chi connectivity index (χ1) is 14.1. The Morgan fingerprint density at radius 1 is 0.931 bits per heavy atom. The molecule has 0 aliphatic heterocycles. The van der Waals surface area contributed by atoms with Crippen molar-refractivity contribution in [3.63, 3.8) is 0 Å². The van der Waals surface area contributed by atoms with Crippen LogP contribution < -0.4 is 5.32 Å². The van der Waals surface area contributed by atoms with E-state index in [4.69, 9.17) is 0 Å². The summed E-state index contributed by atoms with van der Waals surface area (Å²) in [5.74, 6) is -0.0995. The van der Waals surface area contributed by atoms with Crippen LogP contribution in [-0.4, -0.2) is 10.5 Å². The minimum Gasteiger partial charge on any atom is -0.348 e. The van der Waals surface area contributed by atoms with Crippen molar-refractivity contribution in [3.8, 4) is 11.3 Å². The maximum atomic E-state index is 12.4. The summed E-state index contributed by atoms with van der Waals surface area (Å²) < 4.78 is 2.19. The summed E-state index contributed by atoms with van der Waals surface area (Å²) in [6, 6.07) is 26.8. The van der Waals surface area contributed by atoms with E-state index in [-0.39, 0.29) is 5.91 Å². The molecule has 1 aromatic heterocycles. The third kappa shape index (κ3) is 3.99. The van der Waals surface area contributed by atoms with E-state index in [9.17, 15) is 4.79 Å². The molecule has 0 aliphatic rings. The van der Waals surface area contributed by atoms with Gasteiger partial charge in [0.15, 0.2) is 0 Å². The van der Waals surface area contributed by atoms with Gasteiger partial charge in [0.1, 0.15) is 0 Å². The Morgan fingerprint density at radius 2 is 1.62 bits per heavy atom. The average molecular weight is 380 g/mol. The highest BCUT2D eigenvalue weighted by atomic mass is 16.1. The van der Waals surface area contributed by atoms with Crippen molar-refractivity contribution in [2.24, 2.45) is 7.05 Å². The number of carbonyl (C=O) groups is 1. The summed E-state index contributed by atoms with van der Waals surface area (Å²) >= 11 is 0. The number of hydrogen-bond acceptors (Lipinski definition) is 1. The van der Waals surface area contributed by atoms with Gasteiger partial charge in [-0.3, -0.25) is 4.79 Å². The summed E-state index contributed by atoms with van der Waals surface area (Å²) in [5.41, 5.74) is 6.74. The lowest BCUT2D eigenvalue weighted by Gasteiger charge is -2.06. The Balaban J connectivity index is 1.63. The predicted octanol–water partition coefficient (Wildman–Crippen LogP) is 5.48. The molecule has 0 fully saturated rings. The Bertz CT molecular complexity index is 1170. The van der Waals surface area contributed by atoms with Gasteiger partial charge in [-0.05, 0) is 30.2 Å². The smallest absolute Gasteiger partial charge is 0.244 e. The fourth-order valence-corrected chi connectivity index (χ4v) is 3.65. The lowest BCUT2D eigenvalue weighted by Crippen LogP contribution is -2.20. The van der Waals surface area contributed by atoms with Crippen molar-refractivity contribution >= 4 is 22.9 Å². The molecule has 0 radical (unpaired) electrons. The van der Waals surface area contributed by atoms with Crippen LogP contribution in [-0.2, 0) is 18.4 Å². The number of carbonyl (C=O) groups excluding carboxylic acids is 1. The number of nitrogens with zero attached hydrogens (tertiary/aromatic N) is 1. The number of aryl methyl sites for hydroxylation is 2. The molecule has 0 saturated heterocycles. The molecule has 29 heavy (non-hydrogen) atoms. The van der Waals surface area contributed by atoms with Gasteiger partial charge in [0.2, 0.25) is 5.91 Å². The molecule has 144 valence electrons. The molecule has 0 bridgehead atoms. The van der Waals surface area contributed by atoms with Gasteiger partial charge in [-0.15, -0.1) is 0 Å². The van der Waals surface area contributed by atoms with Gasteiger partial charge in [-0.1, -0.05) is 78.4 Å². The topological polar surface area (TPSA) is 34.0 Å². The second kappa shape index (κ2) is 8.19. The standard InChI is InChI=1S/C26H24N2O/c1-19-12-14-20(15-13-19)18-27-25(29)17-16-23-22-10-6-7-11-24(22)28(2)26(23)21-8-4-3-5-9-21/h3-17H,18H2,1-2H3,(H,27,29). The normalized spacial score (nSPS) is 11.2. The molecule has 3 aromatic carbocycles. The van der Waals surface area contributed by atoms with Crippen LogP contribution in [0.5, 0.6) is 0 Å². The van der Waals surface area contributed by atoms with Crippen molar-refractivity contribution in [3.05, 3.63) is 102 Å². The highest BCUT2D eigenvalue weighted by molar-refractivity contribution is 6.01. The third-order valence-electron chi connectivity index (χ3n) is 5.18. The summed E-state index contributed by atoms with van der Waals surface area (Å²) in [6.45, 7) is 2.57. The number of rotatable bonds is 5. The molecule has 4 rings (SSSR count). The Hall–Kier alpha value is -3.59. The Kier molecular flexibility index (Phi) is 5.30. The molecule has 0 atom stereocenters. The highest BCUT2D eigenvalue weighted by Crippen LogP contribution is 2.33. The van der Waals surface area contributed by atoms with Gasteiger partial charge < -0.3 is 9.88 Å². The van der Waals surface area contributed by atoms with Crippen molar-refractivity contribution in [2.75, 3.05) is 0 Å². The van der Waals surface area contributed by atoms with Crippen LogP contribution in [0.25, 0.3) is 28.2 Å². The molecule has 1 heterocycles. The van der Waals surface area contributed by atoms with Crippen molar-refractivity contribution < 1.29 is 4.79 Å². The van der Waals surface area contributed by atoms with E-state index in [1.807, 2.05) is 48.5 Å². The zero-order valence-corrected chi connectivity index (χ0v) is 16.7. The summed E-state index contributed by atoms with van der Waals surface area (Å²) in [4.78, 5) is 12.4. The molecule has 0 spiro atoms. The maximum Gasteiger partial charge on any atom is 0.244 e. The Labute approximate surface area is 171 Å². The van der Waals surface area contributed by atoms with Gasteiger partial charge in [0.25, 0.3) is 0 Å². The molecule has 3 heteroatoms. The number of nitrogens with one attached hydrogen (secondary N) is 1. The van der Waals surface area contributed by atoms with E-state index >= 15 is 0 Å². The molecule has 1 amide bonds. The van der Waals surface area contributed by atoms with Gasteiger partial charge in [0, 0.05) is 36.1 Å². The number of aromatic nitrogens is 1. The third-order valence-corrected chi connectivity index (χ3v) is 5.18. The van der Waals surface area contributed by atoms with Crippen LogP contribution >= 0.6 is 0 Å². The number of para-hydroxylation sites is 1. The largest absolute Gasteiger partial charge is 0.348 e. The average Bonchev–Trinajstić information content (AvgIpc) is 3.04. The molecule has 1 N–H and O–H groups in total. The molecule has 4 aromatic rings. The number of amides is 1. The highest BCUT2D eigenvalue weighted by Gasteiger charge is 2.14. The molecule has 0 aliphatic carbocycles. The van der Waals surface area contributed by atoms with Crippen LogP contribution in [0.2, 0.25) is 0 Å². The first-order valence-corrected chi connectivity index (χ1v) is 9.78. The fourth-order valence-electron chi connectivity index (χ4n) is 3.65. The van der Waals surface area contributed by atoms with E-state index in [1.165, 1.54) is 5.56 Å². The second-order valence-electron chi connectivity index (χ2n) is 7.24. The zero-order chi connectivity index (χ0) is 20.2.